The SMILES string of the molecule is CCC(=O)/C=C(\C)CCc1ccccc1.CCC(=O)C[C@](C)(CCc1ccccc1)CCC(C)(C)C. The smallest absolute Gasteiger partial charge is 0.155 e. The second-order valence-electron chi connectivity index (χ2n) is 11.7. The molecule has 2 nitrogen and oxygen atoms in total. The van der Waals surface area contributed by atoms with Crippen LogP contribution in [0.4, 0.5) is 0 Å². The van der Waals surface area contributed by atoms with Crippen LogP contribution in [0.2, 0.25) is 0 Å². The molecule has 0 saturated carbocycles. The lowest BCUT2D eigenvalue weighted by atomic mass is 9.72. The fraction of sp³-hybridized carbons (Fsp3) is 0.529. The minimum absolute atomic E-state index is 0.135. The lowest BCUT2D eigenvalue weighted by Crippen LogP contribution is -2.24. The van der Waals surface area contributed by atoms with E-state index in [0.717, 1.165) is 38.5 Å². The summed E-state index contributed by atoms with van der Waals surface area (Å²) in [5.74, 6) is 0.625. The predicted octanol–water partition coefficient (Wildman–Crippen LogP) is 9.37. The third-order valence-corrected chi connectivity index (χ3v) is 6.76. The van der Waals surface area contributed by atoms with Crippen LogP contribution in [-0.2, 0) is 22.4 Å². The zero-order valence-corrected chi connectivity index (χ0v) is 24.0. The molecule has 2 aromatic rings. The van der Waals surface area contributed by atoms with Gasteiger partial charge in [0.05, 0.1) is 0 Å². The van der Waals surface area contributed by atoms with Gasteiger partial charge in [-0.05, 0) is 73.5 Å². The Kier molecular flexibility index (Phi) is 14.3. The van der Waals surface area contributed by atoms with Gasteiger partial charge in [-0.3, -0.25) is 9.59 Å². The van der Waals surface area contributed by atoms with Gasteiger partial charge < -0.3 is 0 Å². The first-order valence-corrected chi connectivity index (χ1v) is 13.8. The molecule has 0 fully saturated rings. The highest BCUT2D eigenvalue weighted by molar-refractivity contribution is 5.89. The highest BCUT2D eigenvalue weighted by Crippen LogP contribution is 2.37. The molecule has 198 valence electrons. The molecule has 36 heavy (non-hydrogen) atoms. The van der Waals surface area contributed by atoms with Crippen molar-refractivity contribution in [2.75, 3.05) is 0 Å². The van der Waals surface area contributed by atoms with Crippen molar-refractivity contribution in [1.29, 1.82) is 0 Å². The van der Waals surface area contributed by atoms with Gasteiger partial charge in [0.1, 0.15) is 5.78 Å². The monoisotopic (exact) mass is 490 g/mol. The standard InChI is InChI=1S/C20H32O.C14H18O/c1-6-18(21)16-20(5,15-14-19(2,3)4)13-12-17-10-8-7-9-11-17;1-3-14(15)11-12(2)9-10-13-7-5-4-6-8-13/h7-11H,6,12-16H2,1-5H3;4-8,11H,3,9-10H2,1-2H3/b;12-11+/t20-;/m1./s1. The molecule has 2 aromatic carbocycles. The quantitative estimate of drug-likeness (QED) is 0.262. The summed E-state index contributed by atoms with van der Waals surface area (Å²) in [4.78, 5) is 23.1. The van der Waals surface area contributed by atoms with Crippen molar-refractivity contribution in [2.24, 2.45) is 10.8 Å². The third kappa shape index (κ3) is 14.8. The molecular formula is C34H50O2. The van der Waals surface area contributed by atoms with Crippen LogP contribution in [-0.4, -0.2) is 11.6 Å². The molecule has 1 atom stereocenters. The first-order valence-electron chi connectivity index (χ1n) is 13.8. The highest BCUT2D eigenvalue weighted by Gasteiger charge is 2.28. The molecule has 0 amide bonds. The molecule has 2 heteroatoms. The van der Waals surface area contributed by atoms with Crippen molar-refractivity contribution in [3.05, 3.63) is 83.4 Å². The van der Waals surface area contributed by atoms with E-state index in [2.05, 4.69) is 70.2 Å². The molecule has 0 saturated heterocycles. The molecule has 0 heterocycles. The molecule has 0 N–H and O–H groups in total. The Morgan fingerprint density at radius 2 is 1.25 bits per heavy atom. The van der Waals surface area contributed by atoms with Gasteiger partial charge in [0.25, 0.3) is 0 Å². The Balaban J connectivity index is 0.000000381. The average molecular weight is 491 g/mol. The van der Waals surface area contributed by atoms with Crippen LogP contribution in [0.1, 0.15) is 105 Å². The summed E-state index contributed by atoms with van der Waals surface area (Å²) < 4.78 is 0. The van der Waals surface area contributed by atoms with E-state index in [1.165, 1.54) is 23.1 Å². The second kappa shape index (κ2) is 16.3. The summed E-state index contributed by atoms with van der Waals surface area (Å²) >= 11 is 0. The van der Waals surface area contributed by atoms with Gasteiger partial charge >= 0.3 is 0 Å². The van der Waals surface area contributed by atoms with E-state index < -0.39 is 0 Å². The Bertz CT molecular complexity index is 919. The van der Waals surface area contributed by atoms with Crippen LogP contribution in [0.15, 0.2) is 72.3 Å². The topological polar surface area (TPSA) is 34.1 Å². The normalized spacial score (nSPS) is 13.4. The van der Waals surface area contributed by atoms with Crippen LogP contribution < -0.4 is 0 Å². The summed E-state index contributed by atoms with van der Waals surface area (Å²) in [6, 6.07) is 21.0. The van der Waals surface area contributed by atoms with E-state index in [4.69, 9.17) is 0 Å². The van der Waals surface area contributed by atoms with Crippen LogP contribution in [0, 0.1) is 10.8 Å². The highest BCUT2D eigenvalue weighted by atomic mass is 16.1. The Hall–Kier alpha value is -2.48. The lowest BCUT2D eigenvalue weighted by molar-refractivity contribution is -0.121. The van der Waals surface area contributed by atoms with Gasteiger partial charge in [-0.1, -0.05) is 108 Å². The minimum atomic E-state index is 0.135. The fourth-order valence-electron chi connectivity index (χ4n) is 4.11. The fourth-order valence-corrected chi connectivity index (χ4v) is 4.11. The van der Waals surface area contributed by atoms with Gasteiger partial charge in [0, 0.05) is 19.3 Å². The number of hydrogen-bond donors (Lipinski definition) is 0. The number of benzene rings is 2. The number of carbonyl (C=O) groups excluding carboxylic acids is 2. The molecule has 0 unspecified atom stereocenters. The Morgan fingerprint density at radius 1 is 0.722 bits per heavy atom. The summed E-state index contributed by atoms with van der Waals surface area (Å²) in [6.07, 6.45) is 10.2. The molecule has 0 aliphatic rings. The van der Waals surface area contributed by atoms with Crippen molar-refractivity contribution < 1.29 is 9.59 Å². The molecule has 0 aromatic heterocycles. The summed E-state index contributed by atoms with van der Waals surface area (Å²) in [5, 5.41) is 0. The Morgan fingerprint density at radius 3 is 1.72 bits per heavy atom. The van der Waals surface area contributed by atoms with Crippen molar-refractivity contribution >= 4 is 11.6 Å². The largest absolute Gasteiger partial charge is 0.300 e. The van der Waals surface area contributed by atoms with Crippen molar-refractivity contribution in [1.82, 2.24) is 0 Å². The van der Waals surface area contributed by atoms with E-state index in [9.17, 15) is 9.59 Å². The summed E-state index contributed by atoms with van der Waals surface area (Å²) in [6.45, 7) is 15.0. The predicted molar refractivity (Wildman–Crippen MR) is 155 cm³/mol. The van der Waals surface area contributed by atoms with E-state index in [-0.39, 0.29) is 11.2 Å². The van der Waals surface area contributed by atoms with Crippen LogP contribution in [0.3, 0.4) is 0 Å². The first kappa shape index (κ1) is 31.5. The van der Waals surface area contributed by atoms with Gasteiger partial charge in [-0.25, -0.2) is 0 Å². The van der Waals surface area contributed by atoms with E-state index in [1.807, 2.05) is 39.0 Å². The van der Waals surface area contributed by atoms with E-state index in [0.29, 0.717) is 24.0 Å². The van der Waals surface area contributed by atoms with E-state index in [1.54, 1.807) is 6.08 Å². The second-order valence-corrected chi connectivity index (χ2v) is 11.7. The van der Waals surface area contributed by atoms with Crippen LogP contribution in [0.5, 0.6) is 0 Å². The number of carbonyl (C=O) groups is 2. The lowest BCUT2D eigenvalue weighted by Gasteiger charge is -2.32. The van der Waals surface area contributed by atoms with Gasteiger partial charge in [0.2, 0.25) is 0 Å². The molecule has 0 aliphatic carbocycles. The van der Waals surface area contributed by atoms with Crippen molar-refractivity contribution in [3.63, 3.8) is 0 Å². The zero-order valence-electron chi connectivity index (χ0n) is 24.0. The van der Waals surface area contributed by atoms with E-state index >= 15 is 0 Å². The van der Waals surface area contributed by atoms with Gasteiger partial charge in [-0.2, -0.15) is 0 Å². The summed E-state index contributed by atoms with van der Waals surface area (Å²) in [5.41, 5.74) is 4.35. The molecule has 2 rings (SSSR count). The number of allylic oxidation sites excluding steroid dienone is 2. The number of hydrogen-bond acceptors (Lipinski definition) is 2. The maximum absolute atomic E-state index is 12.0. The average Bonchev–Trinajstić information content (AvgIpc) is 2.86. The van der Waals surface area contributed by atoms with Gasteiger partial charge in [-0.15, -0.1) is 0 Å². The van der Waals surface area contributed by atoms with Crippen molar-refractivity contribution in [3.8, 4) is 0 Å². The number of rotatable bonds is 13. The van der Waals surface area contributed by atoms with Crippen LogP contribution in [0.25, 0.3) is 0 Å². The number of Topliss-reactive ketones (excluding diaryl/α,β-unsaturated/α-hetero) is 1. The molecular weight excluding hydrogens is 440 g/mol. The third-order valence-electron chi connectivity index (χ3n) is 6.76. The van der Waals surface area contributed by atoms with Crippen LogP contribution >= 0.6 is 0 Å². The number of ketones is 2. The molecule has 0 spiro atoms. The first-order chi connectivity index (χ1) is 17.0. The maximum atomic E-state index is 12.0. The molecule has 0 radical (unpaired) electrons. The number of aryl methyl sites for hydroxylation is 2. The maximum Gasteiger partial charge on any atom is 0.155 e. The van der Waals surface area contributed by atoms with Crippen molar-refractivity contribution in [2.45, 2.75) is 106 Å². The molecule has 0 bridgehead atoms. The Labute approximate surface area is 221 Å². The molecule has 0 aliphatic heterocycles. The zero-order chi connectivity index (χ0) is 27.0. The minimum Gasteiger partial charge on any atom is -0.300 e. The van der Waals surface area contributed by atoms with Gasteiger partial charge in [0.15, 0.2) is 5.78 Å². The summed E-state index contributed by atoms with van der Waals surface area (Å²) in [7, 11) is 0.